The largest absolute Gasteiger partial charge is 0.479 e. The summed E-state index contributed by atoms with van der Waals surface area (Å²) in [5.41, 5.74) is -1.45. The zero-order valence-corrected chi connectivity index (χ0v) is 6.22. The fraction of sp³-hybridized carbons (Fsp3) is 0.571. The highest BCUT2D eigenvalue weighted by Crippen LogP contribution is 2.17. The molecule has 0 amide bonds. The van der Waals surface area contributed by atoms with Crippen molar-refractivity contribution in [3.8, 4) is 0 Å². The Labute approximate surface area is 60.0 Å². The molecule has 0 aliphatic rings. The van der Waals surface area contributed by atoms with Gasteiger partial charge in [0.1, 0.15) is 0 Å². The minimum Gasteiger partial charge on any atom is -0.479 e. The second-order valence-corrected chi connectivity index (χ2v) is 2.33. The summed E-state index contributed by atoms with van der Waals surface area (Å²) in [5, 5.41) is 17.6. The van der Waals surface area contributed by atoms with Gasteiger partial charge in [-0.2, -0.15) is 0 Å². The first-order valence-corrected chi connectivity index (χ1v) is 3.07. The van der Waals surface area contributed by atoms with Crippen LogP contribution in [-0.4, -0.2) is 21.8 Å². The van der Waals surface area contributed by atoms with Crippen molar-refractivity contribution in [3.63, 3.8) is 0 Å². The molecule has 0 aliphatic carbocycles. The molecule has 0 aromatic heterocycles. The number of hydrogen-bond donors (Lipinski definition) is 2. The van der Waals surface area contributed by atoms with Gasteiger partial charge in [0.2, 0.25) is 0 Å². The molecule has 0 saturated heterocycles. The van der Waals surface area contributed by atoms with Crippen LogP contribution in [0.1, 0.15) is 20.3 Å². The van der Waals surface area contributed by atoms with Gasteiger partial charge < -0.3 is 10.2 Å². The zero-order chi connectivity index (χ0) is 8.36. The molecule has 0 fully saturated rings. The molecule has 10 heavy (non-hydrogen) atoms. The van der Waals surface area contributed by atoms with E-state index < -0.39 is 11.6 Å². The summed E-state index contributed by atoms with van der Waals surface area (Å²) in [7, 11) is 0. The Morgan fingerprint density at radius 1 is 1.70 bits per heavy atom. The third-order valence-corrected chi connectivity index (χ3v) is 1.53. The Bertz CT molecular complexity index is 158. The number of rotatable bonds is 3. The summed E-state index contributed by atoms with van der Waals surface area (Å²) >= 11 is 0. The quantitative estimate of drug-likeness (QED) is 0.576. The van der Waals surface area contributed by atoms with Gasteiger partial charge in [-0.15, -0.1) is 0 Å². The van der Waals surface area contributed by atoms with Crippen LogP contribution < -0.4 is 0 Å². The summed E-state index contributed by atoms with van der Waals surface area (Å²) in [4.78, 5) is 10.3. The SMILES string of the molecule is C=C(CC)C(C)(O)C(=O)O. The molecule has 3 heteroatoms. The first kappa shape index (κ1) is 9.17. The summed E-state index contributed by atoms with van der Waals surface area (Å²) in [6.45, 7) is 6.41. The van der Waals surface area contributed by atoms with Crippen molar-refractivity contribution >= 4 is 5.97 Å². The number of carbonyl (C=O) groups is 1. The van der Waals surface area contributed by atoms with Crippen LogP contribution in [-0.2, 0) is 4.79 Å². The average molecular weight is 144 g/mol. The van der Waals surface area contributed by atoms with Crippen molar-refractivity contribution < 1.29 is 15.0 Å². The van der Waals surface area contributed by atoms with Gasteiger partial charge in [0.25, 0.3) is 0 Å². The second kappa shape index (κ2) is 2.84. The van der Waals surface area contributed by atoms with Crippen LogP contribution in [0.2, 0.25) is 0 Å². The maximum Gasteiger partial charge on any atom is 0.339 e. The Balaban J connectivity index is 4.40. The number of carboxylic acid groups (broad SMARTS) is 1. The van der Waals surface area contributed by atoms with E-state index in [2.05, 4.69) is 6.58 Å². The van der Waals surface area contributed by atoms with Crippen LogP contribution in [0.25, 0.3) is 0 Å². The van der Waals surface area contributed by atoms with Crippen LogP contribution in [0.3, 0.4) is 0 Å². The lowest BCUT2D eigenvalue weighted by Crippen LogP contribution is -2.36. The third kappa shape index (κ3) is 1.57. The van der Waals surface area contributed by atoms with Crippen molar-refractivity contribution in [1.82, 2.24) is 0 Å². The standard InChI is InChI=1S/C7H12O3/c1-4-5(2)7(3,10)6(8)9/h10H,2,4H2,1,3H3,(H,8,9). The molecule has 0 aliphatic heterocycles. The van der Waals surface area contributed by atoms with Crippen molar-refractivity contribution in [1.29, 1.82) is 0 Å². The molecule has 3 nitrogen and oxygen atoms in total. The van der Waals surface area contributed by atoms with E-state index >= 15 is 0 Å². The Morgan fingerprint density at radius 2 is 2.10 bits per heavy atom. The molecular weight excluding hydrogens is 132 g/mol. The van der Waals surface area contributed by atoms with E-state index in [1.807, 2.05) is 0 Å². The lowest BCUT2D eigenvalue weighted by molar-refractivity contribution is -0.152. The lowest BCUT2D eigenvalue weighted by atomic mass is 9.96. The molecule has 0 aromatic rings. The van der Waals surface area contributed by atoms with Gasteiger partial charge in [-0.05, 0) is 18.9 Å². The normalized spacial score (nSPS) is 15.9. The fourth-order valence-electron chi connectivity index (χ4n) is 0.495. The first-order valence-electron chi connectivity index (χ1n) is 3.07. The van der Waals surface area contributed by atoms with Crippen LogP contribution in [0, 0.1) is 0 Å². The molecule has 1 unspecified atom stereocenters. The van der Waals surface area contributed by atoms with E-state index in [1.165, 1.54) is 6.92 Å². The van der Waals surface area contributed by atoms with Crippen molar-refractivity contribution in [2.75, 3.05) is 0 Å². The minimum atomic E-state index is -1.77. The van der Waals surface area contributed by atoms with Gasteiger partial charge in [0.15, 0.2) is 5.60 Å². The number of aliphatic hydroxyl groups is 1. The highest BCUT2D eigenvalue weighted by Gasteiger charge is 2.31. The van der Waals surface area contributed by atoms with Crippen LogP contribution in [0.5, 0.6) is 0 Å². The highest BCUT2D eigenvalue weighted by molar-refractivity contribution is 5.80. The fourth-order valence-corrected chi connectivity index (χ4v) is 0.495. The lowest BCUT2D eigenvalue weighted by Gasteiger charge is -2.19. The van der Waals surface area contributed by atoms with E-state index in [0.717, 1.165) is 0 Å². The maximum atomic E-state index is 10.3. The average Bonchev–Trinajstić information content (AvgIpc) is 1.86. The molecule has 0 spiro atoms. The number of carboxylic acids is 1. The molecule has 0 saturated carbocycles. The zero-order valence-electron chi connectivity index (χ0n) is 6.22. The summed E-state index contributed by atoms with van der Waals surface area (Å²) in [6, 6.07) is 0. The second-order valence-electron chi connectivity index (χ2n) is 2.33. The summed E-state index contributed by atoms with van der Waals surface area (Å²) < 4.78 is 0. The molecule has 2 N–H and O–H groups in total. The molecule has 0 rings (SSSR count). The first-order chi connectivity index (χ1) is 4.42. The topological polar surface area (TPSA) is 57.5 Å². The van der Waals surface area contributed by atoms with Crippen LogP contribution >= 0.6 is 0 Å². The molecule has 1 atom stereocenters. The van der Waals surface area contributed by atoms with Crippen LogP contribution in [0.15, 0.2) is 12.2 Å². The molecule has 0 aromatic carbocycles. The van der Waals surface area contributed by atoms with Gasteiger partial charge in [0, 0.05) is 0 Å². The summed E-state index contributed by atoms with van der Waals surface area (Å²) in [5.74, 6) is -1.25. The van der Waals surface area contributed by atoms with Crippen molar-refractivity contribution in [3.05, 3.63) is 12.2 Å². The van der Waals surface area contributed by atoms with E-state index in [1.54, 1.807) is 6.92 Å². The predicted molar refractivity (Wildman–Crippen MR) is 37.7 cm³/mol. The molecular formula is C7H12O3. The van der Waals surface area contributed by atoms with E-state index in [4.69, 9.17) is 10.2 Å². The van der Waals surface area contributed by atoms with E-state index in [-0.39, 0.29) is 0 Å². The van der Waals surface area contributed by atoms with Gasteiger partial charge >= 0.3 is 5.97 Å². The van der Waals surface area contributed by atoms with Crippen molar-refractivity contribution in [2.24, 2.45) is 0 Å². The Hall–Kier alpha value is -0.830. The van der Waals surface area contributed by atoms with E-state index in [9.17, 15) is 4.79 Å². The summed E-state index contributed by atoms with van der Waals surface area (Å²) in [6.07, 6.45) is 0.472. The van der Waals surface area contributed by atoms with E-state index in [0.29, 0.717) is 12.0 Å². The third-order valence-electron chi connectivity index (χ3n) is 1.53. The number of aliphatic carboxylic acids is 1. The smallest absolute Gasteiger partial charge is 0.339 e. The van der Waals surface area contributed by atoms with Gasteiger partial charge in [-0.25, -0.2) is 4.79 Å². The molecule has 0 bridgehead atoms. The molecule has 0 radical (unpaired) electrons. The Kier molecular flexibility index (Phi) is 2.60. The minimum absolute atomic E-state index is 0.319. The van der Waals surface area contributed by atoms with Gasteiger partial charge in [-0.1, -0.05) is 13.5 Å². The number of hydrogen-bond acceptors (Lipinski definition) is 2. The van der Waals surface area contributed by atoms with Gasteiger partial charge in [-0.3, -0.25) is 0 Å². The van der Waals surface area contributed by atoms with Gasteiger partial charge in [0.05, 0.1) is 0 Å². The van der Waals surface area contributed by atoms with Crippen LogP contribution in [0.4, 0.5) is 0 Å². The molecule has 58 valence electrons. The predicted octanol–water partition coefficient (Wildman–Crippen LogP) is 0.788. The molecule has 0 heterocycles. The Morgan fingerprint density at radius 3 is 2.20 bits per heavy atom. The highest BCUT2D eigenvalue weighted by atomic mass is 16.4. The monoisotopic (exact) mass is 144 g/mol. The maximum absolute atomic E-state index is 10.3. The van der Waals surface area contributed by atoms with Crippen molar-refractivity contribution in [2.45, 2.75) is 25.9 Å².